The molecule has 0 radical (unpaired) electrons. The maximum atomic E-state index is 12.7. The molecule has 1 aliphatic rings. The van der Waals surface area contributed by atoms with E-state index in [1.807, 2.05) is 0 Å². The highest BCUT2D eigenvalue weighted by Gasteiger charge is 2.23. The van der Waals surface area contributed by atoms with E-state index in [2.05, 4.69) is 16.9 Å². The number of nitrogens with one attached hydrogen (secondary N) is 1. The number of aryl methyl sites for hydroxylation is 1. The summed E-state index contributed by atoms with van der Waals surface area (Å²) in [6, 6.07) is 6.33. The topological polar surface area (TPSA) is 83.0 Å². The van der Waals surface area contributed by atoms with Crippen LogP contribution in [0.2, 0.25) is 0 Å². The van der Waals surface area contributed by atoms with E-state index in [9.17, 15) is 9.59 Å². The molecule has 0 amide bonds. The van der Waals surface area contributed by atoms with Crippen LogP contribution in [-0.4, -0.2) is 21.0 Å². The first-order chi connectivity index (χ1) is 12.9. The van der Waals surface area contributed by atoms with Crippen molar-refractivity contribution in [3.8, 4) is 0 Å². The number of halogens is 1. The van der Waals surface area contributed by atoms with Crippen molar-refractivity contribution in [1.29, 1.82) is 0 Å². The van der Waals surface area contributed by atoms with Crippen molar-refractivity contribution in [3.63, 3.8) is 0 Å². The van der Waals surface area contributed by atoms with Crippen molar-refractivity contribution in [2.45, 2.75) is 26.2 Å². The van der Waals surface area contributed by atoms with E-state index in [0.717, 1.165) is 35.2 Å². The second-order valence-corrected chi connectivity index (χ2v) is 8.36. The van der Waals surface area contributed by atoms with Crippen LogP contribution in [-0.2, 0) is 12.8 Å². The minimum atomic E-state index is -0.982. The van der Waals surface area contributed by atoms with Gasteiger partial charge in [0.15, 0.2) is 5.82 Å². The largest absolute Gasteiger partial charge is 0.478 e. The van der Waals surface area contributed by atoms with Gasteiger partial charge in [0.2, 0.25) is 0 Å². The van der Waals surface area contributed by atoms with Crippen molar-refractivity contribution in [1.82, 2.24) is 9.97 Å². The number of H-pyrrole nitrogens is 1. The summed E-state index contributed by atoms with van der Waals surface area (Å²) in [7, 11) is 0. The third-order valence-electron chi connectivity index (χ3n) is 4.84. The normalized spacial score (nSPS) is 17.1. The van der Waals surface area contributed by atoms with Crippen molar-refractivity contribution >= 4 is 50.2 Å². The zero-order valence-corrected chi connectivity index (χ0v) is 16.2. The first kappa shape index (κ1) is 17.9. The Morgan fingerprint density at radius 1 is 1.37 bits per heavy atom. The minimum Gasteiger partial charge on any atom is -0.478 e. The molecule has 0 saturated heterocycles. The second-order valence-electron chi connectivity index (χ2n) is 6.87. The van der Waals surface area contributed by atoms with Gasteiger partial charge in [0.25, 0.3) is 5.56 Å². The van der Waals surface area contributed by atoms with Gasteiger partial charge in [0.05, 0.1) is 16.0 Å². The van der Waals surface area contributed by atoms with Crippen LogP contribution in [0.25, 0.3) is 21.3 Å². The van der Waals surface area contributed by atoms with Crippen LogP contribution in [0, 0.1) is 5.92 Å². The van der Waals surface area contributed by atoms with Crippen molar-refractivity contribution in [3.05, 3.63) is 62.0 Å². The van der Waals surface area contributed by atoms with Gasteiger partial charge in [-0.15, -0.1) is 11.3 Å². The molecule has 0 spiro atoms. The Balaban J connectivity index is 1.73. The van der Waals surface area contributed by atoms with E-state index >= 15 is 0 Å². The van der Waals surface area contributed by atoms with Crippen LogP contribution >= 0.6 is 22.9 Å². The molecule has 2 aromatic heterocycles. The highest BCUT2D eigenvalue weighted by molar-refractivity contribution is 7.18. The molecule has 7 heteroatoms. The zero-order chi connectivity index (χ0) is 19.1. The predicted molar refractivity (Wildman–Crippen MR) is 109 cm³/mol. The molecule has 138 valence electrons. The third-order valence-corrected chi connectivity index (χ3v) is 6.28. The maximum absolute atomic E-state index is 12.7. The van der Waals surface area contributed by atoms with Crippen molar-refractivity contribution in [2.24, 2.45) is 5.92 Å². The van der Waals surface area contributed by atoms with Gasteiger partial charge < -0.3 is 10.1 Å². The smallest absolute Gasteiger partial charge is 0.335 e. The van der Waals surface area contributed by atoms with Gasteiger partial charge >= 0.3 is 5.97 Å². The number of hydrogen-bond acceptors (Lipinski definition) is 4. The van der Waals surface area contributed by atoms with Crippen LogP contribution in [0.5, 0.6) is 0 Å². The number of nitrogens with zero attached hydrogens (tertiary/aromatic N) is 1. The van der Waals surface area contributed by atoms with Crippen LogP contribution < -0.4 is 5.56 Å². The molecule has 3 aromatic rings. The first-order valence-corrected chi connectivity index (χ1v) is 9.87. The van der Waals surface area contributed by atoms with Gasteiger partial charge in [0.1, 0.15) is 4.83 Å². The summed E-state index contributed by atoms with van der Waals surface area (Å²) in [6.45, 7) is 2.23. The number of benzene rings is 1. The molecule has 1 aromatic carbocycles. The Morgan fingerprint density at radius 3 is 2.81 bits per heavy atom. The molecule has 0 unspecified atom stereocenters. The van der Waals surface area contributed by atoms with E-state index in [4.69, 9.17) is 16.7 Å². The molecule has 27 heavy (non-hydrogen) atoms. The molecule has 0 fully saturated rings. The van der Waals surface area contributed by atoms with E-state index in [0.29, 0.717) is 22.2 Å². The van der Waals surface area contributed by atoms with Gasteiger partial charge in [-0.3, -0.25) is 4.79 Å². The molecule has 2 heterocycles. The SMILES string of the molecule is C[C@H]1CCc2c(sc3nc(/C(Cl)=C/c4ccc(C(=O)O)cc4)[nH]c(=O)c23)C1. The Labute approximate surface area is 164 Å². The van der Waals surface area contributed by atoms with Crippen LogP contribution in [0.15, 0.2) is 29.1 Å². The molecule has 0 saturated carbocycles. The fraction of sp³-hybridized carbons (Fsp3) is 0.250. The molecule has 5 nitrogen and oxygen atoms in total. The highest BCUT2D eigenvalue weighted by atomic mass is 35.5. The van der Waals surface area contributed by atoms with Gasteiger partial charge in [-0.1, -0.05) is 30.7 Å². The number of aromatic amines is 1. The molecular weight excluding hydrogens is 384 g/mol. The molecule has 4 rings (SSSR count). The Kier molecular flexibility index (Phi) is 4.61. The number of carboxylic acids is 1. The number of aromatic carboxylic acids is 1. The summed E-state index contributed by atoms with van der Waals surface area (Å²) < 4.78 is 0. The van der Waals surface area contributed by atoms with Gasteiger partial charge in [0, 0.05) is 4.88 Å². The van der Waals surface area contributed by atoms with Crippen LogP contribution in [0.3, 0.4) is 0 Å². The molecule has 2 N–H and O–H groups in total. The summed E-state index contributed by atoms with van der Waals surface area (Å²) in [5.41, 5.74) is 1.91. The lowest BCUT2D eigenvalue weighted by atomic mass is 9.89. The summed E-state index contributed by atoms with van der Waals surface area (Å²) in [4.78, 5) is 32.9. The van der Waals surface area contributed by atoms with E-state index < -0.39 is 5.97 Å². The average molecular weight is 401 g/mol. The van der Waals surface area contributed by atoms with Crippen LogP contribution in [0.1, 0.15) is 45.5 Å². The molecule has 0 bridgehead atoms. The predicted octanol–water partition coefficient (Wildman–Crippen LogP) is 4.54. The standard InChI is InChI=1S/C20H17ClN2O3S/c1-10-2-7-13-15(8-10)27-19-16(13)18(24)22-17(23-19)14(21)9-11-3-5-12(6-4-11)20(25)26/h3-6,9-10H,2,7-8H2,1H3,(H,25,26)(H,22,23,24)/b14-9-/t10-/m0/s1. The lowest BCUT2D eigenvalue weighted by Crippen LogP contribution is -2.14. The van der Waals surface area contributed by atoms with Gasteiger partial charge in [-0.2, -0.15) is 0 Å². The third kappa shape index (κ3) is 3.42. The maximum Gasteiger partial charge on any atom is 0.335 e. The Bertz CT molecular complexity index is 1130. The zero-order valence-electron chi connectivity index (χ0n) is 14.6. The van der Waals surface area contributed by atoms with E-state index in [1.165, 1.54) is 17.0 Å². The number of thiophene rings is 1. The summed E-state index contributed by atoms with van der Waals surface area (Å²) >= 11 is 7.96. The van der Waals surface area contributed by atoms with Crippen LogP contribution in [0.4, 0.5) is 0 Å². The lowest BCUT2D eigenvalue weighted by molar-refractivity contribution is 0.0697. The highest BCUT2D eigenvalue weighted by Crippen LogP contribution is 2.36. The van der Waals surface area contributed by atoms with Crippen molar-refractivity contribution in [2.75, 3.05) is 0 Å². The summed E-state index contributed by atoms with van der Waals surface area (Å²) in [5, 5.41) is 9.96. The van der Waals surface area contributed by atoms with Gasteiger partial charge in [-0.05, 0) is 54.5 Å². The van der Waals surface area contributed by atoms with Crippen molar-refractivity contribution < 1.29 is 9.90 Å². The fourth-order valence-corrected chi connectivity index (χ4v) is 5.00. The average Bonchev–Trinajstić information content (AvgIpc) is 2.99. The molecule has 0 aliphatic heterocycles. The number of hydrogen-bond donors (Lipinski definition) is 2. The van der Waals surface area contributed by atoms with Gasteiger partial charge in [-0.25, -0.2) is 9.78 Å². The summed E-state index contributed by atoms with van der Waals surface area (Å²) in [5.74, 6) is -0.0337. The molecule has 1 aliphatic carbocycles. The monoisotopic (exact) mass is 400 g/mol. The number of aromatic nitrogens is 2. The molecular formula is C20H17ClN2O3S. The fourth-order valence-electron chi connectivity index (χ4n) is 3.40. The number of fused-ring (bicyclic) bond motifs is 3. The quantitative estimate of drug-likeness (QED) is 0.675. The van der Waals surface area contributed by atoms with E-state index in [-0.39, 0.29) is 11.1 Å². The summed E-state index contributed by atoms with van der Waals surface area (Å²) in [6.07, 6.45) is 4.66. The number of rotatable bonds is 3. The second kappa shape index (κ2) is 6.94. The minimum absolute atomic E-state index is 0.158. The lowest BCUT2D eigenvalue weighted by Gasteiger charge is -2.17. The number of carboxylic acid groups (broad SMARTS) is 1. The van der Waals surface area contributed by atoms with E-state index in [1.54, 1.807) is 29.5 Å². The first-order valence-electron chi connectivity index (χ1n) is 8.68. The molecule has 1 atom stereocenters. The Hall–Kier alpha value is -2.44. The number of carbonyl (C=O) groups is 1. The Morgan fingerprint density at radius 2 is 2.11 bits per heavy atom.